The van der Waals surface area contributed by atoms with Crippen LogP contribution in [0.5, 0.6) is 11.5 Å². The SMILES string of the molecule is CCC(C)N(C(=O)C(Cc1ccc(O)cc1)NC(=O)OC(C)(C)C)C(C(=O)NC(C)(C)C)c1cccc(C)c1O. The van der Waals surface area contributed by atoms with Crippen LogP contribution in [0.25, 0.3) is 0 Å². The Morgan fingerprint density at radius 2 is 1.57 bits per heavy atom. The molecule has 2 rings (SSSR count). The summed E-state index contributed by atoms with van der Waals surface area (Å²) < 4.78 is 5.45. The van der Waals surface area contributed by atoms with Crippen molar-refractivity contribution in [1.82, 2.24) is 15.5 Å². The lowest BCUT2D eigenvalue weighted by molar-refractivity contribution is -0.145. The topological polar surface area (TPSA) is 128 Å². The molecule has 220 valence electrons. The molecule has 0 saturated carbocycles. The van der Waals surface area contributed by atoms with Gasteiger partial charge in [-0.05, 0) is 85.1 Å². The molecule has 0 heterocycles. The lowest BCUT2D eigenvalue weighted by atomic mass is 9.95. The number of phenols is 2. The van der Waals surface area contributed by atoms with Crippen LogP contribution < -0.4 is 10.6 Å². The third-order valence-electron chi connectivity index (χ3n) is 6.27. The number of hydrogen-bond acceptors (Lipinski definition) is 6. The van der Waals surface area contributed by atoms with Gasteiger partial charge in [-0.3, -0.25) is 9.59 Å². The first kappa shape index (κ1) is 32.5. The van der Waals surface area contributed by atoms with Crippen LogP contribution in [0, 0.1) is 6.92 Å². The zero-order valence-corrected chi connectivity index (χ0v) is 25.2. The summed E-state index contributed by atoms with van der Waals surface area (Å²) in [5, 5.41) is 26.4. The normalized spacial score (nSPS) is 14.0. The number of carbonyl (C=O) groups excluding carboxylic acids is 3. The number of rotatable bonds is 9. The number of ether oxygens (including phenoxy) is 1. The molecule has 0 aliphatic carbocycles. The van der Waals surface area contributed by atoms with Gasteiger partial charge in [-0.1, -0.05) is 37.3 Å². The van der Waals surface area contributed by atoms with Crippen LogP contribution in [0.15, 0.2) is 42.5 Å². The predicted octanol–water partition coefficient (Wildman–Crippen LogP) is 5.13. The minimum Gasteiger partial charge on any atom is -0.508 e. The first-order chi connectivity index (χ1) is 18.4. The van der Waals surface area contributed by atoms with E-state index in [-0.39, 0.29) is 23.5 Å². The first-order valence-electron chi connectivity index (χ1n) is 13.6. The molecule has 0 saturated heterocycles. The largest absolute Gasteiger partial charge is 0.508 e. The number of para-hydroxylation sites is 1. The average Bonchev–Trinajstić information content (AvgIpc) is 2.82. The smallest absolute Gasteiger partial charge is 0.408 e. The number of amides is 3. The molecule has 0 radical (unpaired) electrons. The Bertz CT molecular complexity index is 1180. The number of aryl methyl sites for hydroxylation is 1. The maximum absolute atomic E-state index is 14.4. The van der Waals surface area contributed by atoms with Crippen LogP contribution >= 0.6 is 0 Å². The zero-order chi connectivity index (χ0) is 30.4. The molecule has 9 nitrogen and oxygen atoms in total. The summed E-state index contributed by atoms with van der Waals surface area (Å²) >= 11 is 0. The Labute approximate surface area is 237 Å². The summed E-state index contributed by atoms with van der Waals surface area (Å²) in [6.07, 6.45) is -0.183. The quantitative estimate of drug-likeness (QED) is 0.340. The molecule has 9 heteroatoms. The molecule has 4 N–H and O–H groups in total. The van der Waals surface area contributed by atoms with Crippen molar-refractivity contribution in [2.75, 3.05) is 0 Å². The Morgan fingerprint density at radius 3 is 2.10 bits per heavy atom. The Hall–Kier alpha value is -3.75. The van der Waals surface area contributed by atoms with E-state index in [9.17, 15) is 24.6 Å². The first-order valence-corrected chi connectivity index (χ1v) is 13.6. The van der Waals surface area contributed by atoms with Gasteiger partial charge in [0.05, 0.1) is 0 Å². The van der Waals surface area contributed by atoms with Gasteiger partial charge in [-0.25, -0.2) is 4.79 Å². The molecule has 0 aromatic heterocycles. The van der Waals surface area contributed by atoms with Crippen molar-refractivity contribution in [3.63, 3.8) is 0 Å². The van der Waals surface area contributed by atoms with Crippen molar-refractivity contribution in [3.8, 4) is 11.5 Å². The van der Waals surface area contributed by atoms with Gasteiger partial charge in [0.2, 0.25) is 11.8 Å². The van der Waals surface area contributed by atoms with Gasteiger partial charge < -0.3 is 30.5 Å². The standard InChI is InChI=1S/C31H45N3O6/c1-10-20(3)34(25(27(37)33-30(4,5)6)23-13-11-12-19(2)26(23)36)28(38)24(32-29(39)40-31(7,8)9)18-21-14-16-22(35)17-15-21/h11-17,20,24-25,35-36H,10,18H2,1-9H3,(H,32,39)(H,33,37). The van der Waals surface area contributed by atoms with Crippen LogP contribution in [0.3, 0.4) is 0 Å². The van der Waals surface area contributed by atoms with Crippen LogP contribution in [0.4, 0.5) is 4.79 Å². The van der Waals surface area contributed by atoms with E-state index in [4.69, 9.17) is 4.74 Å². The second-order valence-electron chi connectivity index (χ2n) is 12.2. The monoisotopic (exact) mass is 555 g/mol. The minimum absolute atomic E-state index is 0.0711. The molecule has 0 fully saturated rings. The molecule has 0 spiro atoms. The summed E-state index contributed by atoms with van der Waals surface area (Å²) in [7, 11) is 0. The molecular formula is C31H45N3O6. The Morgan fingerprint density at radius 1 is 0.975 bits per heavy atom. The third kappa shape index (κ3) is 9.17. The highest BCUT2D eigenvalue weighted by molar-refractivity contribution is 5.93. The van der Waals surface area contributed by atoms with E-state index in [1.807, 2.05) is 34.6 Å². The summed E-state index contributed by atoms with van der Waals surface area (Å²) in [5.74, 6) is -0.972. The number of phenolic OH excluding ortho intramolecular Hbond substituents is 2. The van der Waals surface area contributed by atoms with Gasteiger partial charge in [0, 0.05) is 23.6 Å². The fourth-order valence-electron chi connectivity index (χ4n) is 4.25. The molecule has 0 bridgehead atoms. The number of aromatic hydroxyl groups is 2. The van der Waals surface area contributed by atoms with E-state index >= 15 is 0 Å². The maximum atomic E-state index is 14.4. The van der Waals surface area contributed by atoms with Crippen molar-refractivity contribution >= 4 is 17.9 Å². The number of nitrogens with one attached hydrogen (secondary N) is 2. The molecule has 2 aromatic rings. The van der Waals surface area contributed by atoms with E-state index in [1.54, 1.807) is 58.0 Å². The Kier molecular flexibility index (Phi) is 10.6. The van der Waals surface area contributed by atoms with Crippen molar-refractivity contribution < 1.29 is 29.3 Å². The molecule has 3 unspecified atom stereocenters. The molecule has 2 aromatic carbocycles. The number of hydrogen-bond donors (Lipinski definition) is 4. The highest BCUT2D eigenvalue weighted by Gasteiger charge is 2.40. The van der Waals surface area contributed by atoms with Gasteiger partial charge in [0.15, 0.2) is 0 Å². The van der Waals surface area contributed by atoms with Crippen molar-refractivity contribution in [2.45, 2.75) is 104 Å². The fourth-order valence-corrected chi connectivity index (χ4v) is 4.25. The van der Waals surface area contributed by atoms with Gasteiger partial charge >= 0.3 is 6.09 Å². The molecule has 0 aliphatic heterocycles. The highest BCUT2D eigenvalue weighted by atomic mass is 16.6. The van der Waals surface area contributed by atoms with E-state index in [0.29, 0.717) is 17.5 Å². The molecule has 0 aliphatic rings. The zero-order valence-electron chi connectivity index (χ0n) is 25.2. The summed E-state index contributed by atoms with van der Waals surface area (Å²) in [6, 6.07) is 8.70. The molecule has 40 heavy (non-hydrogen) atoms. The summed E-state index contributed by atoms with van der Waals surface area (Å²) in [5.41, 5.74) is 0.130. The number of alkyl carbamates (subject to hydrolysis) is 1. The van der Waals surface area contributed by atoms with E-state index in [2.05, 4.69) is 10.6 Å². The molecule has 3 atom stereocenters. The Balaban J connectivity index is 2.67. The van der Waals surface area contributed by atoms with Gasteiger partial charge in [0.25, 0.3) is 0 Å². The van der Waals surface area contributed by atoms with E-state index in [0.717, 1.165) is 0 Å². The van der Waals surface area contributed by atoms with Crippen LogP contribution in [0.2, 0.25) is 0 Å². The minimum atomic E-state index is -1.18. The second kappa shape index (κ2) is 13.1. The van der Waals surface area contributed by atoms with Crippen molar-refractivity contribution in [2.24, 2.45) is 0 Å². The van der Waals surface area contributed by atoms with Gasteiger partial charge in [-0.2, -0.15) is 0 Å². The number of carbonyl (C=O) groups is 3. The lowest BCUT2D eigenvalue weighted by Crippen LogP contribution is -2.57. The molecule has 3 amide bonds. The van der Waals surface area contributed by atoms with Crippen LogP contribution in [-0.2, 0) is 20.7 Å². The van der Waals surface area contributed by atoms with Crippen molar-refractivity contribution in [1.29, 1.82) is 0 Å². The highest BCUT2D eigenvalue weighted by Crippen LogP contribution is 2.34. The average molecular weight is 556 g/mol. The molecular weight excluding hydrogens is 510 g/mol. The second-order valence-corrected chi connectivity index (χ2v) is 12.2. The van der Waals surface area contributed by atoms with Crippen LogP contribution in [0.1, 0.15) is 84.5 Å². The lowest BCUT2D eigenvalue weighted by Gasteiger charge is -2.39. The van der Waals surface area contributed by atoms with Gasteiger partial charge in [0.1, 0.15) is 29.2 Å². The maximum Gasteiger partial charge on any atom is 0.408 e. The predicted molar refractivity (Wildman–Crippen MR) is 155 cm³/mol. The van der Waals surface area contributed by atoms with Gasteiger partial charge in [-0.15, -0.1) is 0 Å². The third-order valence-corrected chi connectivity index (χ3v) is 6.27. The van der Waals surface area contributed by atoms with E-state index < -0.39 is 47.2 Å². The fraction of sp³-hybridized carbons (Fsp3) is 0.516. The van der Waals surface area contributed by atoms with Crippen LogP contribution in [-0.4, -0.2) is 56.2 Å². The number of benzene rings is 2. The van der Waals surface area contributed by atoms with E-state index in [1.165, 1.54) is 17.0 Å². The van der Waals surface area contributed by atoms with Crippen molar-refractivity contribution in [3.05, 3.63) is 59.2 Å². The summed E-state index contributed by atoms with van der Waals surface area (Å²) in [4.78, 5) is 42.6. The number of nitrogens with zero attached hydrogens (tertiary/aromatic N) is 1. The summed E-state index contributed by atoms with van der Waals surface area (Å²) in [6.45, 7) is 16.1.